The summed E-state index contributed by atoms with van der Waals surface area (Å²) in [5.74, 6) is -0.400. The fraction of sp³-hybridized carbons (Fsp3) is 0.444. The number of hydrogen-bond donors (Lipinski definition) is 0. The first-order chi connectivity index (χ1) is 17.1. The number of hydrogen-bond acceptors (Lipinski definition) is 3. The number of alkyl halides is 3. The molecule has 0 unspecified atom stereocenters. The molecule has 3 heterocycles. The molecule has 0 aliphatic carbocycles. The van der Waals surface area contributed by atoms with Crippen LogP contribution in [0.4, 0.5) is 18.9 Å². The number of amides is 3. The summed E-state index contributed by atoms with van der Waals surface area (Å²) >= 11 is 0. The molecule has 2 aromatic rings. The molecule has 6 nitrogen and oxygen atoms in total. The summed E-state index contributed by atoms with van der Waals surface area (Å²) in [6, 6.07) is 11.8. The smallest absolute Gasteiger partial charge is 0.336 e. The third-order valence-corrected chi connectivity index (χ3v) is 7.74. The number of rotatable bonds is 4. The minimum absolute atomic E-state index is 0.0489. The predicted molar refractivity (Wildman–Crippen MR) is 127 cm³/mol. The van der Waals surface area contributed by atoms with Crippen molar-refractivity contribution in [3.8, 4) is 0 Å². The number of fused-ring (bicyclic) bond motifs is 3. The van der Waals surface area contributed by atoms with Crippen molar-refractivity contribution in [2.75, 3.05) is 18.0 Å². The molecule has 190 valence electrons. The van der Waals surface area contributed by atoms with Crippen LogP contribution in [-0.4, -0.2) is 46.3 Å². The van der Waals surface area contributed by atoms with Gasteiger partial charge in [-0.05, 0) is 62.4 Å². The standard InChI is InChI=1S/C27H28F3N3O3/c1-26-15-13-24(35)33(26)22-8-3-2-6-20(22)25(36)32(26)17-14-23(34)31-16-5-4-7-21(31)18-9-11-19(12-10-18)27(28,29)30/h2-3,6,8-12,21H,4-5,7,13-17H2,1H3/t21-,26-/m1/s1. The summed E-state index contributed by atoms with van der Waals surface area (Å²) in [6.07, 6.45) is -1.16. The summed E-state index contributed by atoms with van der Waals surface area (Å²) in [5.41, 5.74) is 0.176. The van der Waals surface area contributed by atoms with E-state index in [1.165, 1.54) is 12.1 Å². The lowest BCUT2D eigenvalue weighted by Crippen LogP contribution is -2.62. The van der Waals surface area contributed by atoms with E-state index in [0.717, 1.165) is 25.0 Å². The second kappa shape index (κ2) is 8.94. The average Bonchev–Trinajstić information content (AvgIpc) is 3.18. The lowest BCUT2D eigenvalue weighted by molar-refractivity contribution is -0.138. The number of halogens is 3. The van der Waals surface area contributed by atoms with Crippen LogP contribution >= 0.6 is 0 Å². The highest BCUT2D eigenvalue weighted by Gasteiger charge is 2.53. The summed E-state index contributed by atoms with van der Waals surface area (Å²) in [7, 11) is 0. The van der Waals surface area contributed by atoms with E-state index < -0.39 is 17.4 Å². The van der Waals surface area contributed by atoms with Gasteiger partial charge in [0, 0.05) is 25.9 Å². The maximum absolute atomic E-state index is 13.4. The number of para-hydroxylation sites is 1. The van der Waals surface area contributed by atoms with Crippen LogP contribution in [0.25, 0.3) is 0 Å². The third-order valence-electron chi connectivity index (χ3n) is 7.74. The molecule has 2 atom stereocenters. The molecular formula is C27H28F3N3O3. The van der Waals surface area contributed by atoms with E-state index in [-0.39, 0.29) is 36.7 Å². The molecule has 0 aromatic heterocycles. The zero-order valence-corrected chi connectivity index (χ0v) is 20.1. The number of anilines is 1. The van der Waals surface area contributed by atoms with E-state index >= 15 is 0 Å². The first-order valence-electron chi connectivity index (χ1n) is 12.3. The topological polar surface area (TPSA) is 60.9 Å². The first-order valence-corrected chi connectivity index (χ1v) is 12.3. The molecule has 3 aliphatic heterocycles. The minimum Gasteiger partial charge on any atom is -0.336 e. The number of piperidine rings is 1. The van der Waals surface area contributed by atoms with Crippen LogP contribution in [0.2, 0.25) is 0 Å². The monoisotopic (exact) mass is 499 g/mol. The van der Waals surface area contributed by atoms with Gasteiger partial charge in [0.1, 0.15) is 5.66 Å². The normalized spacial score (nSPS) is 24.1. The molecule has 3 amide bonds. The second-order valence-electron chi connectivity index (χ2n) is 9.89. The van der Waals surface area contributed by atoms with Crippen molar-refractivity contribution in [2.24, 2.45) is 0 Å². The number of nitrogens with zero attached hydrogens (tertiary/aromatic N) is 3. The van der Waals surface area contributed by atoms with Crippen LogP contribution in [0, 0.1) is 0 Å². The van der Waals surface area contributed by atoms with Crippen molar-refractivity contribution in [3.63, 3.8) is 0 Å². The van der Waals surface area contributed by atoms with E-state index in [1.807, 2.05) is 6.92 Å². The van der Waals surface area contributed by atoms with E-state index in [1.54, 1.807) is 39.0 Å². The fourth-order valence-corrected chi connectivity index (χ4v) is 5.86. The van der Waals surface area contributed by atoms with Gasteiger partial charge in [-0.3, -0.25) is 19.3 Å². The molecule has 0 spiro atoms. The Labute approximate surface area is 207 Å². The zero-order chi connectivity index (χ0) is 25.7. The van der Waals surface area contributed by atoms with Crippen LogP contribution in [0.3, 0.4) is 0 Å². The number of likely N-dealkylation sites (tertiary alicyclic amines) is 1. The highest BCUT2D eigenvalue weighted by molar-refractivity contribution is 6.10. The molecule has 2 fully saturated rings. The lowest BCUT2D eigenvalue weighted by Gasteiger charge is -2.49. The molecule has 5 rings (SSSR count). The quantitative estimate of drug-likeness (QED) is 0.585. The number of carbonyl (C=O) groups is 3. The highest BCUT2D eigenvalue weighted by atomic mass is 19.4. The van der Waals surface area contributed by atoms with Gasteiger partial charge in [0.15, 0.2) is 0 Å². The summed E-state index contributed by atoms with van der Waals surface area (Å²) in [6.45, 7) is 2.54. The molecule has 36 heavy (non-hydrogen) atoms. The molecular weight excluding hydrogens is 471 g/mol. The van der Waals surface area contributed by atoms with Crippen molar-refractivity contribution >= 4 is 23.4 Å². The molecule has 0 radical (unpaired) electrons. The molecule has 0 bridgehead atoms. The number of benzene rings is 2. The van der Waals surface area contributed by atoms with E-state index in [9.17, 15) is 27.6 Å². The third kappa shape index (κ3) is 4.04. The van der Waals surface area contributed by atoms with Gasteiger partial charge in [0.05, 0.1) is 22.9 Å². The van der Waals surface area contributed by atoms with Gasteiger partial charge in [0.2, 0.25) is 11.8 Å². The van der Waals surface area contributed by atoms with Crippen LogP contribution < -0.4 is 4.90 Å². The van der Waals surface area contributed by atoms with Gasteiger partial charge in [-0.1, -0.05) is 24.3 Å². The van der Waals surface area contributed by atoms with E-state index in [4.69, 9.17) is 0 Å². The fourth-order valence-electron chi connectivity index (χ4n) is 5.86. The van der Waals surface area contributed by atoms with Gasteiger partial charge < -0.3 is 9.80 Å². The van der Waals surface area contributed by atoms with Crippen LogP contribution in [0.5, 0.6) is 0 Å². The van der Waals surface area contributed by atoms with Gasteiger partial charge in [-0.25, -0.2) is 0 Å². The van der Waals surface area contributed by atoms with Crippen molar-refractivity contribution < 1.29 is 27.6 Å². The highest BCUT2D eigenvalue weighted by Crippen LogP contribution is 2.44. The second-order valence-corrected chi connectivity index (χ2v) is 9.89. The molecule has 2 saturated heterocycles. The maximum Gasteiger partial charge on any atom is 0.416 e. The average molecular weight is 500 g/mol. The first kappa shape index (κ1) is 24.3. The Bertz CT molecular complexity index is 1200. The molecule has 0 N–H and O–H groups in total. The molecule has 2 aromatic carbocycles. The van der Waals surface area contributed by atoms with Crippen molar-refractivity contribution in [2.45, 2.75) is 63.3 Å². The van der Waals surface area contributed by atoms with Gasteiger partial charge in [-0.15, -0.1) is 0 Å². The van der Waals surface area contributed by atoms with Crippen molar-refractivity contribution in [1.29, 1.82) is 0 Å². The van der Waals surface area contributed by atoms with E-state index in [2.05, 4.69) is 0 Å². The van der Waals surface area contributed by atoms with Crippen molar-refractivity contribution in [3.05, 3.63) is 65.2 Å². The SMILES string of the molecule is C[C@]12CCC(=O)N1c1ccccc1C(=O)N2CCC(=O)N1CCCC[C@@H]1c1ccc(C(F)(F)F)cc1. The molecule has 0 saturated carbocycles. The molecule has 3 aliphatic rings. The van der Waals surface area contributed by atoms with E-state index in [0.29, 0.717) is 42.6 Å². The predicted octanol–water partition coefficient (Wildman–Crippen LogP) is 5.15. The zero-order valence-electron chi connectivity index (χ0n) is 20.1. The largest absolute Gasteiger partial charge is 0.416 e. The Morgan fingerprint density at radius 3 is 2.50 bits per heavy atom. The van der Waals surface area contributed by atoms with Gasteiger partial charge >= 0.3 is 6.18 Å². The minimum atomic E-state index is -4.41. The molecule has 9 heteroatoms. The summed E-state index contributed by atoms with van der Waals surface area (Å²) in [5, 5.41) is 0. The number of carbonyl (C=O) groups excluding carboxylic acids is 3. The van der Waals surface area contributed by atoms with Crippen LogP contribution in [0.1, 0.15) is 73.0 Å². The summed E-state index contributed by atoms with van der Waals surface area (Å²) in [4.78, 5) is 44.6. The summed E-state index contributed by atoms with van der Waals surface area (Å²) < 4.78 is 39.0. The Hall–Kier alpha value is -3.36. The maximum atomic E-state index is 13.4. The Kier molecular flexibility index (Phi) is 6.04. The lowest BCUT2D eigenvalue weighted by atomic mass is 9.94. The Balaban J connectivity index is 1.35. The Morgan fingerprint density at radius 2 is 1.78 bits per heavy atom. The van der Waals surface area contributed by atoms with Crippen LogP contribution in [0.15, 0.2) is 48.5 Å². The Morgan fingerprint density at radius 1 is 1.06 bits per heavy atom. The van der Waals surface area contributed by atoms with Gasteiger partial charge in [-0.2, -0.15) is 13.2 Å². The van der Waals surface area contributed by atoms with Crippen LogP contribution in [-0.2, 0) is 15.8 Å². The van der Waals surface area contributed by atoms with Crippen molar-refractivity contribution in [1.82, 2.24) is 9.80 Å². The van der Waals surface area contributed by atoms with Gasteiger partial charge in [0.25, 0.3) is 5.91 Å².